The highest BCUT2D eigenvalue weighted by Gasteiger charge is 2.34. The summed E-state index contributed by atoms with van der Waals surface area (Å²) in [6.45, 7) is 0. The number of carboxylic acid groups (broad SMARTS) is 1. The Bertz CT molecular complexity index is 405. The van der Waals surface area contributed by atoms with Crippen molar-refractivity contribution in [2.24, 2.45) is 5.92 Å². The summed E-state index contributed by atoms with van der Waals surface area (Å²) in [5.74, 6) is -1.24. The lowest BCUT2D eigenvalue weighted by Crippen LogP contribution is -2.20. The van der Waals surface area contributed by atoms with E-state index in [9.17, 15) is 9.90 Å². The van der Waals surface area contributed by atoms with Crippen LogP contribution in [0.25, 0.3) is 0 Å². The smallest absolute Gasteiger partial charge is 0.311 e. The summed E-state index contributed by atoms with van der Waals surface area (Å²) in [7, 11) is 0. The Morgan fingerprint density at radius 1 is 1.24 bits per heavy atom. The van der Waals surface area contributed by atoms with Crippen LogP contribution >= 0.6 is 23.2 Å². The van der Waals surface area contributed by atoms with Crippen LogP contribution in [-0.4, -0.2) is 11.1 Å². The van der Waals surface area contributed by atoms with Gasteiger partial charge in [0.25, 0.3) is 0 Å². The van der Waals surface area contributed by atoms with Crippen molar-refractivity contribution < 1.29 is 9.90 Å². The Morgan fingerprint density at radius 3 is 2.24 bits per heavy atom. The molecular weight excluding hydrogens is 259 g/mol. The minimum atomic E-state index is -0.827. The Morgan fingerprint density at radius 2 is 1.76 bits per heavy atom. The first-order valence-electron chi connectivity index (χ1n) is 5.78. The summed E-state index contributed by atoms with van der Waals surface area (Å²) in [6, 6.07) is 5.14. The molecule has 0 aliphatic heterocycles. The van der Waals surface area contributed by atoms with Gasteiger partial charge < -0.3 is 5.11 Å². The monoisotopic (exact) mass is 272 g/mol. The molecule has 1 aromatic carbocycles. The molecule has 0 bridgehead atoms. The van der Waals surface area contributed by atoms with Crippen LogP contribution in [0.1, 0.15) is 37.2 Å². The quantitative estimate of drug-likeness (QED) is 0.888. The molecule has 0 radical (unpaired) electrons. The third-order valence-electron chi connectivity index (χ3n) is 3.45. The minimum absolute atomic E-state index is 0.157. The summed E-state index contributed by atoms with van der Waals surface area (Å²) >= 11 is 12.2. The number of carbonyl (C=O) groups is 1. The molecule has 92 valence electrons. The summed E-state index contributed by atoms with van der Waals surface area (Å²) in [5.41, 5.74) is 0.579. The zero-order chi connectivity index (χ0) is 12.4. The largest absolute Gasteiger partial charge is 0.481 e. The number of halogens is 2. The molecule has 2 nitrogen and oxygen atoms in total. The second-order valence-corrected chi connectivity index (χ2v) is 5.31. The molecule has 2 rings (SSSR count). The first-order chi connectivity index (χ1) is 8.11. The number of hydrogen-bond donors (Lipinski definition) is 1. The lowest BCUT2D eigenvalue weighted by atomic mass is 9.85. The van der Waals surface area contributed by atoms with E-state index in [0.29, 0.717) is 15.6 Å². The van der Waals surface area contributed by atoms with Crippen LogP contribution in [0, 0.1) is 5.92 Å². The van der Waals surface area contributed by atoms with Crippen LogP contribution in [0.4, 0.5) is 0 Å². The van der Waals surface area contributed by atoms with Gasteiger partial charge in [-0.1, -0.05) is 42.1 Å². The maximum atomic E-state index is 11.5. The first-order valence-corrected chi connectivity index (χ1v) is 6.53. The van der Waals surface area contributed by atoms with Gasteiger partial charge >= 0.3 is 5.97 Å². The van der Waals surface area contributed by atoms with Gasteiger partial charge in [0.2, 0.25) is 0 Å². The van der Waals surface area contributed by atoms with Crippen molar-refractivity contribution in [2.75, 3.05) is 0 Å². The molecule has 0 saturated heterocycles. The van der Waals surface area contributed by atoms with Crippen LogP contribution in [0.15, 0.2) is 18.2 Å². The standard InChI is InChI=1S/C13H14Cl2O2/c14-9-6-3-7-10(15)12(9)11(13(16)17)8-4-1-2-5-8/h3,6-8,11H,1-2,4-5H2,(H,16,17). The molecule has 1 aliphatic rings. The topological polar surface area (TPSA) is 37.3 Å². The summed E-state index contributed by atoms with van der Waals surface area (Å²) < 4.78 is 0. The fourth-order valence-corrected chi connectivity index (χ4v) is 3.29. The number of carboxylic acids is 1. The first kappa shape index (κ1) is 12.7. The van der Waals surface area contributed by atoms with Crippen LogP contribution in [0.5, 0.6) is 0 Å². The Balaban J connectivity index is 2.42. The van der Waals surface area contributed by atoms with Crippen LogP contribution in [0.2, 0.25) is 10.0 Å². The summed E-state index contributed by atoms with van der Waals surface area (Å²) in [5, 5.41) is 10.3. The number of aliphatic carboxylic acids is 1. The van der Waals surface area contributed by atoms with E-state index in [2.05, 4.69) is 0 Å². The fraction of sp³-hybridized carbons (Fsp3) is 0.462. The van der Waals surface area contributed by atoms with E-state index in [4.69, 9.17) is 23.2 Å². The van der Waals surface area contributed by atoms with E-state index < -0.39 is 11.9 Å². The Kier molecular flexibility index (Phi) is 3.95. The van der Waals surface area contributed by atoms with Crippen molar-refractivity contribution in [1.29, 1.82) is 0 Å². The molecule has 0 spiro atoms. The number of rotatable bonds is 3. The van der Waals surface area contributed by atoms with Gasteiger partial charge in [-0.15, -0.1) is 0 Å². The highest BCUT2D eigenvalue weighted by atomic mass is 35.5. The predicted molar refractivity (Wildman–Crippen MR) is 68.8 cm³/mol. The second-order valence-electron chi connectivity index (χ2n) is 4.50. The zero-order valence-corrected chi connectivity index (χ0v) is 10.8. The summed E-state index contributed by atoms with van der Waals surface area (Å²) in [6.07, 6.45) is 4.07. The molecule has 1 atom stereocenters. The molecule has 1 fully saturated rings. The second kappa shape index (κ2) is 5.28. The Labute approximate surface area is 111 Å². The third-order valence-corrected chi connectivity index (χ3v) is 4.11. The van der Waals surface area contributed by atoms with Gasteiger partial charge in [-0.2, -0.15) is 0 Å². The lowest BCUT2D eigenvalue weighted by Gasteiger charge is -2.21. The van der Waals surface area contributed by atoms with Crippen molar-refractivity contribution in [1.82, 2.24) is 0 Å². The van der Waals surface area contributed by atoms with Crippen LogP contribution in [0.3, 0.4) is 0 Å². The van der Waals surface area contributed by atoms with Gasteiger partial charge in [-0.3, -0.25) is 4.79 Å². The van der Waals surface area contributed by atoms with Crippen LogP contribution < -0.4 is 0 Å². The normalized spacial score (nSPS) is 18.2. The van der Waals surface area contributed by atoms with Crippen molar-refractivity contribution in [2.45, 2.75) is 31.6 Å². The van der Waals surface area contributed by atoms with Gasteiger partial charge in [-0.25, -0.2) is 0 Å². The molecule has 1 N–H and O–H groups in total. The molecule has 1 unspecified atom stereocenters. The molecule has 1 aromatic rings. The van der Waals surface area contributed by atoms with Gasteiger partial charge in [0, 0.05) is 15.6 Å². The van der Waals surface area contributed by atoms with Gasteiger partial charge in [-0.05, 0) is 30.9 Å². The molecule has 0 aromatic heterocycles. The van der Waals surface area contributed by atoms with Crippen molar-refractivity contribution in [3.63, 3.8) is 0 Å². The average molecular weight is 273 g/mol. The molecule has 0 amide bonds. The molecule has 4 heteroatoms. The molecule has 1 aliphatic carbocycles. The summed E-state index contributed by atoms with van der Waals surface area (Å²) in [4.78, 5) is 11.5. The minimum Gasteiger partial charge on any atom is -0.481 e. The van der Waals surface area contributed by atoms with E-state index in [-0.39, 0.29) is 5.92 Å². The molecule has 17 heavy (non-hydrogen) atoms. The highest BCUT2D eigenvalue weighted by molar-refractivity contribution is 6.36. The maximum absolute atomic E-state index is 11.5. The number of benzene rings is 1. The van der Waals surface area contributed by atoms with E-state index in [1.54, 1.807) is 18.2 Å². The number of hydrogen-bond acceptors (Lipinski definition) is 1. The predicted octanol–water partition coefficient (Wildman–Crippen LogP) is 4.35. The Hall–Kier alpha value is -0.730. The lowest BCUT2D eigenvalue weighted by molar-refractivity contribution is -0.140. The molecule has 1 saturated carbocycles. The maximum Gasteiger partial charge on any atom is 0.311 e. The van der Waals surface area contributed by atoms with Gasteiger partial charge in [0.05, 0.1) is 5.92 Å². The third kappa shape index (κ3) is 2.58. The van der Waals surface area contributed by atoms with Crippen molar-refractivity contribution in [3.05, 3.63) is 33.8 Å². The van der Waals surface area contributed by atoms with Gasteiger partial charge in [0.1, 0.15) is 0 Å². The zero-order valence-electron chi connectivity index (χ0n) is 9.33. The van der Waals surface area contributed by atoms with E-state index >= 15 is 0 Å². The van der Waals surface area contributed by atoms with Crippen LogP contribution in [-0.2, 0) is 4.79 Å². The van der Waals surface area contributed by atoms with Crippen molar-refractivity contribution in [3.8, 4) is 0 Å². The molecular formula is C13H14Cl2O2. The SMILES string of the molecule is O=C(O)C(c1c(Cl)cccc1Cl)C1CCCC1. The van der Waals surface area contributed by atoms with Crippen molar-refractivity contribution >= 4 is 29.2 Å². The molecule has 0 heterocycles. The van der Waals surface area contributed by atoms with E-state index in [1.165, 1.54) is 0 Å². The van der Waals surface area contributed by atoms with Gasteiger partial charge in [0.15, 0.2) is 0 Å². The highest BCUT2D eigenvalue weighted by Crippen LogP contribution is 2.42. The average Bonchev–Trinajstić information content (AvgIpc) is 2.76. The van der Waals surface area contributed by atoms with E-state index in [1.807, 2.05) is 0 Å². The van der Waals surface area contributed by atoms with E-state index in [0.717, 1.165) is 25.7 Å². The fourth-order valence-electron chi connectivity index (χ4n) is 2.66.